The van der Waals surface area contributed by atoms with Crippen molar-refractivity contribution < 1.29 is 19.4 Å². The Hall–Kier alpha value is -2.30. The Bertz CT molecular complexity index is 639. The van der Waals surface area contributed by atoms with Gasteiger partial charge >= 0.3 is 5.97 Å². The average Bonchev–Trinajstić information content (AvgIpc) is 2.23. The topological polar surface area (TPSA) is 87.7 Å². The van der Waals surface area contributed by atoms with E-state index in [1.807, 2.05) is 0 Å². The van der Waals surface area contributed by atoms with Crippen LogP contribution in [0, 0.1) is 6.92 Å². The summed E-state index contributed by atoms with van der Waals surface area (Å²) < 4.78 is 5.02. The molecule has 2 aromatic rings. The van der Waals surface area contributed by atoms with Crippen molar-refractivity contribution >= 4 is 16.9 Å². The first-order chi connectivity index (χ1) is 7.52. The van der Waals surface area contributed by atoms with Crippen LogP contribution in [0.2, 0.25) is 0 Å². The zero-order chi connectivity index (χ0) is 11.9. The number of hydrogen-bond donors (Lipinski definition) is 2. The van der Waals surface area contributed by atoms with E-state index in [1.54, 1.807) is 19.1 Å². The summed E-state index contributed by atoms with van der Waals surface area (Å²) in [5.41, 5.74) is 0.0853. The number of rotatable bonds is 1. The normalized spacial score (nSPS) is 10.6. The minimum Gasteiger partial charge on any atom is -0.501 e. The number of benzene rings is 1. The molecule has 16 heavy (non-hydrogen) atoms. The number of hydrogen-bond acceptors (Lipinski definition) is 4. The molecule has 1 aromatic heterocycles. The van der Waals surface area contributed by atoms with Crippen LogP contribution in [0.5, 0.6) is 5.75 Å². The fraction of sp³-hybridized carbons (Fsp3) is 0.0909. The molecule has 0 saturated heterocycles. The monoisotopic (exact) mass is 220 g/mol. The van der Waals surface area contributed by atoms with Crippen molar-refractivity contribution in [3.05, 3.63) is 39.7 Å². The maximum absolute atomic E-state index is 11.6. The molecule has 0 aliphatic rings. The van der Waals surface area contributed by atoms with E-state index in [1.165, 1.54) is 6.07 Å². The lowest BCUT2D eigenvalue weighted by atomic mass is 10.1. The molecule has 1 heterocycles. The first-order valence-electron chi connectivity index (χ1n) is 4.51. The Balaban J connectivity index is 3.01. The van der Waals surface area contributed by atoms with E-state index in [0.717, 1.165) is 0 Å². The molecule has 0 spiro atoms. The van der Waals surface area contributed by atoms with Gasteiger partial charge in [-0.3, -0.25) is 4.79 Å². The Morgan fingerprint density at radius 3 is 2.69 bits per heavy atom. The Kier molecular flexibility index (Phi) is 2.16. The van der Waals surface area contributed by atoms with E-state index in [4.69, 9.17) is 9.52 Å². The molecule has 0 radical (unpaired) electrons. The summed E-state index contributed by atoms with van der Waals surface area (Å²) in [5, 5.41) is 18.3. The van der Waals surface area contributed by atoms with Crippen LogP contribution in [0.3, 0.4) is 0 Å². The fourth-order valence-corrected chi connectivity index (χ4v) is 1.49. The maximum atomic E-state index is 11.6. The van der Waals surface area contributed by atoms with Gasteiger partial charge in [0.25, 0.3) is 5.76 Å². The van der Waals surface area contributed by atoms with E-state index in [0.29, 0.717) is 5.56 Å². The molecule has 5 nitrogen and oxygen atoms in total. The smallest absolute Gasteiger partial charge is 0.375 e. The molecule has 82 valence electrons. The van der Waals surface area contributed by atoms with Gasteiger partial charge in [0.1, 0.15) is 5.58 Å². The van der Waals surface area contributed by atoms with Crippen LogP contribution in [-0.2, 0) is 0 Å². The minimum atomic E-state index is -1.47. The molecular weight excluding hydrogens is 212 g/mol. The lowest BCUT2D eigenvalue weighted by molar-refractivity contribution is 0.0657. The summed E-state index contributed by atoms with van der Waals surface area (Å²) in [4.78, 5) is 22.4. The fourth-order valence-electron chi connectivity index (χ4n) is 1.49. The second-order valence-electron chi connectivity index (χ2n) is 3.37. The third-order valence-corrected chi connectivity index (χ3v) is 2.29. The lowest BCUT2D eigenvalue weighted by Gasteiger charge is -2.03. The number of aryl methyl sites for hydroxylation is 1. The lowest BCUT2D eigenvalue weighted by Crippen LogP contribution is -2.08. The van der Waals surface area contributed by atoms with Crippen LogP contribution >= 0.6 is 0 Å². The summed E-state index contributed by atoms with van der Waals surface area (Å²) in [7, 11) is 0. The highest BCUT2D eigenvalue weighted by molar-refractivity contribution is 5.91. The standard InChI is InChI=1S/C11H8O5/c1-5-3-2-4-6-7(12)8(13)10(11(14)15)16-9(5)6/h2-4,13H,1H3,(H,14,15). The first kappa shape index (κ1) is 10.2. The molecule has 0 aliphatic carbocycles. The van der Waals surface area contributed by atoms with Gasteiger partial charge in [-0.25, -0.2) is 4.79 Å². The van der Waals surface area contributed by atoms with Gasteiger partial charge in [0.05, 0.1) is 5.39 Å². The largest absolute Gasteiger partial charge is 0.501 e. The van der Waals surface area contributed by atoms with Gasteiger partial charge in [-0.15, -0.1) is 0 Å². The molecule has 5 heteroatoms. The van der Waals surface area contributed by atoms with Crippen molar-refractivity contribution in [2.75, 3.05) is 0 Å². The molecule has 2 N–H and O–H groups in total. The van der Waals surface area contributed by atoms with Crippen LogP contribution in [0.4, 0.5) is 0 Å². The number of para-hydroxylation sites is 1. The summed E-state index contributed by atoms with van der Waals surface area (Å²) in [6.07, 6.45) is 0. The van der Waals surface area contributed by atoms with E-state index in [9.17, 15) is 14.7 Å². The summed E-state index contributed by atoms with van der Waals surface area (Å²) in [5.74, 6) is -3.07. The zero-order valence-corrected chi connectivity index (χ0v) is 8.35. The summed E-state index contributed by atoms with van der Waals surface area (Å²) in [6, 6.07) is 4.79. The molecule has 0 bridgehead atoms. The molecule has 0 atom stereocenters. The summed E-state index contributed by atoms with van der Waals surface area (Å²) in [6.45, 7) is 1.69. The van der Waals surface area contributed by atoms with Crippen LogP contribution in [0.25, 0.3) is 11.0 Å². The summed E-state index contributed by atoms with van der Waals surface area (Å²) >= 11 is 0. The van der Waals surface area contributed by atoms with Gasteiger partial charge in [0, 0.05) is 0 Å². The van der Waals surface area contributed by atoms with Gasteiger partial charge in [0.2, 0.25) is 11.2 Å². The van der Waals surface area contributed by atoms with Crippen molar-refractivity contribution in [1.82, 2.24) is 0 Å². The molecule has 0 fully saturated rings. The predicted octanol–water partition coefficient (Wildman–Crippen LogP) is 1.51. The third kappa shape index (κ3) is 1.33. The second kappa shape index (κ2) is 3.37. The van der Waals surface area contributed by atoms with Crippen molar-refractivity contribution in [3.8, 4) is 5.75 Å². The zero-order valence-electron chi connectivity index (χ0n) is 8.35. The Labute approximate surface area is 89.6 Å². The van der Waals surface area contributed by atoms with Gasteiger partial charge < -0.3 is 14.6 Å². The molecule has 0 aliphatic heterocycles. The molecule has 0 saturated carbocycles. The van der Waals surface area contributed by atoms with Crippen molar-refractivity contribution in [2.45, 2.75) is 6.92 Å². The number of aromatic carboxylic acids is 1. The highest BCUT2D eigenvalue weighted by Gasteiger charge is 2.19. The first-order valence-corrected chi connectivity index (χ1v) is 4.51. The molecular formula is C11H8O5. The SMILES string of the molecule is Cc1cccc2c(=O)c(O)c(C(=O)O)oc12. The Morgan fingerprint density at radius 2 is 2.06 bits per heavy atom. The molecule has 0 amide bonds. The van der Waals surface area contributed by atoms with Gasteiger partial charge in [-0.05, 0) is 18.6 Å². The average molecular weight is 220 g/mol. The van der Waals surface area contributed by atoms with Crippen LogP contribution in [0.15, 0.2) is 27.4 Å². The van der Waals surface area contributed by atoms with E-state index >= 15 is 0 Å². The van der Waals surface area contributed by atoms with Gasteiger partial charge in [-0.2, -0.15) is 0 Å². The van der Waals surface area contributed by atoms with Crippen LogP contribution < -0.4 is 5.43 Å². The number of aromatic hydroxyl groups is 1. The Morgan fingerprint density at radius 1 is 1.38 bits per heavy atom. The highest BCUT2D eigenvalue weighted by Crippen LogP contribution is 2.22. The van der Waals surface area contributed by atoms with Crippen LogP contribution in [0.1, 0.15) is 16.1 Å². The number of carboxylic acid groups (broad SMARTS) is 1. The van der Waals surface area contributed by atoms with E-state index in [2.05, 4.69) is 0 Å². The van der Waals surface area contributed by atoms with Crippen molar-refractivity contribution in [2.24, 2.45) is 0 Å². The second-order valence-corrected chi connectivity index (χ2v) is 3.37. The van der Waals surface area contributed by atoms with Crippen LogP contribution in [-0.4, -0.2) is 16.2 Å². The minimum absolute atomic E-state index is 0.169. The maximum Gasteiger partial charge on any atom is 0.375 e. The number of fused-ring (bicyclic) bond motifs is 1. The van der Waals surface area contributed by atoms with E-state index < -0.39 is 22.9 Å². The van der Waals surface area contributed by atoms with Gasteiger partial charge in [0.15, 0.2) is 0 Å². The molecule has 0 unspecified atom stereocenters. The quantitative estimate of drug-likeness (QED) is 0.760. The third-order valence-electron chi connectivity index (χ3n) is 2.29. The molecule has 2 rings (SSSR count). The number of carbonyl (C=O) groups is 1. The molecule has 1 aromatic carbocycles. The van der Waals surface area contributed by atoms with Crippen molar-refractivity contribution in [3.63, 3.8) is 0 Å². The van der Waals surface area contributed by atoms with Crippen molar-refractivity contribution in [1.29, 1.82) is 0 Å². The van der Waals surface area contributed by atoms with Gasteiger partial charge in [-0.1, -0.05) is 12.1 Å². The predicted molar refractivity (Wildman–Crippen MR) is 55.8 cm³/mol. The van der Waals surface area contributed by atoms with E-state index in [-0.39, 0.29) is 11.0 Å². The number of carboxylic acids is 1. The highest BCUT2D eigenvalue weighted by atomic mass is 16.4.